The summed E-state index contributed by atoms with van der Waals surface area (Å²) in [6, 6.07) is 0. The molecule has 0 atom stereocenters. The highest BCUT2D eigenvalue weighted by Gasteiger charge is 2.94. The van der Waals surface area contributed by atoms with Crippen molar-refractivity contribution in [2.24, 2.45) is 0 Å². The van der Waals surface area contributed by atoms with Crippen LogP contribution in [0.4, 0.5) is 65.9 Å². The summed E-state index contributed by atoms with van der Waals surface area (Å²) >= 11 is 0. The van der Waals surface area contributed by atoms with Crippen molar-refractivity contribution >= 4 is 5.97 Å². The number of ether oxygens (including phenoxy) is 1. The van der Waals surface area contributed by atoms with Gasteiger partial charge in [0.2, 0.25) is 0 Å². The summed E-state index contributed by atoms with van der Waals surface area (Å²) in [6.45, 7) is 0.954. The van der Waals surface area contributed by atoms with Gasteiger partial charge in [-0.2, -0.15) is 65.9 Å². The van der Waals surface area contributed by atoms with Gasteiger partial charge in [-0.05, 0) is 6.42 Å². The highest BCUT2D eigenvalue weighted by atomic mass is 19.4. The maximum Gasteiger partial charge on any atom is 0.460 e. The van der Waals surface area contributed by atoms with Gasteiger partial charge in [-0.25, -0.2) is 4.79 Å². The molecule has 0 spiro atoms. The van der Waals surface area contributed by atoms with Gasteiger partial charge in [0.15, 0.2) is 0 Å². The summed E-state index contributed by atoms with van der Waals surface area (Å²) in [5.41, 5.74) is 0. The van der Waals surface area contributed by atoms with E-state index in [1.54, 1.807) is 0 Å². The normalized spacial score (nSPS) is 14.6. The first kappa shape index (κ1) is 37.4. The molecule has 0 rings (SSSR count). The Morgan fingerprint density at radius 3 is 1.13 bits per heavy atom. The van der Waals surface area contributed by atoms with Crippen LogP contribution in [0.25, 0.3) is 0 Å². The molecule has 0 heterocycles. The number of hydrogen-bond donors (Lipinski definition) is 0. The van der Waals surface area contributed by atoms with Crippen molar-refractivity contribution in [3.63, 3.8) is 0 Å². The first-order valence-electron chi connectivity index (χ1n) is 12.0. The van der Waals surface area contributed by atoms with Crippen LogP contribution in [0.3, 0.4) is 0 Å². The molecule has 0 aliphatic rings. The van der Waals surface area contributed by atoms with Gasteiger partial charge in [0, 0.05) is 0 Å². The van der Waals surface area contributed by atoms with E-state index in [1.165, 1.54) is 0 Å². The van der Waals surface area contributed by atoms with E-state index in [0.717, 1.165) is 51.4 Å². The summed E-state index contributed by atoms with van der Waals surface area (Å²) in [7, 11) is 0. The zero-order valence-corrected chi connectivity index (χ0v) is 20.7. The third-order valence-corrected chi connectivity index (χ3v) is 5.82. The minimum atomic E-state index is -8.43. The molecule has 234 valence electrons. The van der Waals surface area contributed by atoms with Crippen LogP contribution < -0.4 is 0 Å². The monoisotopic (exact) mass is 610 g/mol. The number of carbonyl (C=O) groups is 1. The Morgan fingerprint density at radius 2 is 0.769 bits per heavy atom. The van der Waals surface area contributed by atoms with E-state index in [1.807, 2.05) is 0 Å². The first-order valence-corrected chi connectivity index (χ1v) is 12.0. The van der Waals surface area contributed by atoms with Crippen LogP contribution in [0, 0.1) is 0 Å². The molecule has 0 N–H and O–H groups in total. The Bertz CT molecular complexity index is 748. The highest BCUT2D eigenvalue weighted by Crippen LogP contribution is 2.62. The maximum absolute atomic E-state index is 13.7. The lowest BCUT2D eigenvalue weighted by Crippen LogP contribution is -2.73. The van der Waals surface area contributed by atoms with Gasteiger partial charge in [0.1, 0.15) is 0 Å². The van der Waals surface area contributed by atoms with E-state index in [4.69, 9.17) is 0 Å². The molecule has 0 radical (unpaired) electrons. The van der Waals surface area contributed by atoms with Crippen molar-refractivity contribution in [1.82, 2.24) is 0 Å². The van der Waals surface area contributed by atoms with Crippen LogP contribution in [0.15, 0.2) is 0 Å². The highest BCUT2D eigenvalue weighted by molar-refractivity contribution is 5.79. The predicted molar refractivity (Wildman–Crippen MR) is 108 cm³/mol. The van der Waals surface area contributed by atoms with E-state index in [2.05, 4.69) is 11.7 Å². The molecule has 0 aromatic heterocycles. The summed E-state index contributed by atoms with van der Waals surface area (Å²) in [6.07, 6.45) is 1.47. The third-order valence-electron chi connectivity index (χ3n) is 5.82. The number of carbonyl (C=O) groups excluding carboxylic acids is 1. The molecule has 0 aliphatic carbocycles. The molecule has 17 heteroatoms. The fourth-order valence-corrected chi connectivity index (χ4v) is 3.29. The molecule has 0 bridgehead atoms. The molecule has 0 aromatic carbocycles. The Labute approximate surface area is 214 Å². The fourth-order valence-electron chi connectivity index (χ4n) is 3.29. The lowest BCUT2D eigenvalue weighted by Gasteiger charge is -2.40. The second kappa shape index (κ2) is 13.9. The first-order chi connectivity index (χ1) is 17.5. The van der Waals surface area contributed by atoms with Crippen LogP contribution in [-0.4, -0.2) is 54.3 Å². The Hall–Kier alpha value is -1.58. The van der Waals surface area contributed by atoms with Crippen LogP contribution in [-0.2, 0) is 9.53 Å². The fraction of sp³-hybridized carbons (Fsp3) is 0.955. The number of unbranched alkanes of at least 4 members (excludes halogenated alkanes) is 11. The smallest absolute Gasteiger partial charge is 0.460 e. The second-order valence-corrected chi connectivity index (χ2v) is 8.97. The lowest BCUT2D eigenvalue weighted by atomic mass is 9.91. The number of alkyl halides is 15. The van der Waals surface area contributed by atoms with Crippen molar-refractivity contribution in [1.29, 1.82) is 0 Å². The minimum Gasteiger partial charge on any atom is -0.461 e. The molecule has 0 amide bonds. The number of esters is 1. The molecule has 0 aromatic rings. The van der Waals surface area contributed by atoms with Crippen molar-refractivity contribution < 1.29 is 75.4 Å². The molecule has 2 nitrogen and oxygen atoms in total. The molecular formula is C22H29F15O2. The summed E-state index contributed by atoms with van der Waals surface area (Å²) in [5.74, 6) is -51.6. The van der Waals surface area contributed by atoms with E-state index in [-0.39, 0.29) is 12.8 Å². The Balaban J connectivity index is 5.04. The molecular weight excluding hydrogens is 581 g/mol. The van der Waals surface area contributed by atoms with Gasteiger partial charge >= 0.3 is 47.7 Å². The van der Waals surface area contributed by atoms with Gasteiger partial charge in [-0.3, -0.25) is 0 Å². The summed E-state index contributed by atoms with van der Waals surface area (Å²) < 4.78 is 200. The zero-order chi connectivity index (χ0) is 31.0. The summed E-state index contributed by atoms with van der Waals surface area (Å²) in [4.78, 5) is 11.2. The predicted octanol–water partition coefficient (Wildman–Crippen LogP) is 9.60. The van der Waals surface area contributed by atoms with Gasteiger partial charge in [0.25, 0.3) is 0 Å². The van der Waals surface area contributed by atoms with Crippen molar-refractivity contribution in [2.75, 3.05) is 6.61 Å². The molecule has 0 unspecified atom stereocenters. The molecule has 39 heavy (non-hydrogen) atoms. The number of halogens is 15. The Morgan fingerprint density at radius 1 is 0.462 bits per heavy atom. The van der Waals surface area contributed by atoms with Crippen molar-refractivity contribution in [2.45, 2.75) is 126 Å². The van der Waals surface area contributed by atoms with Gasteiger partial charge < -0.3 is 4.74 Å². The zero-order valence-electron chi connectivity index (χ0n) is 20.7. The van der Waals surface area contributed by atoms with E-state index >= 15 is 0 Å². The Kier molecular flexibility index (Phi) is 13.3. The number of hydrogen-bond acceptors (Lipinski definition) is 2. The third kappa shape index (κ3) is 8.00. The van der Waals surface area contributed by atoms with E-state index < -0.39 is 54.3 Å². The van der Waals surface area contributed by atoms with Crippen molar-refractivity contribution in [3.8, 4) is 0 Å². The van der Waals surface area contributed by atoms with Gasteiger partial charge in [-0.15, -0.1) is 0 Å². The molecule has 0 saturated carbocycles. The summed E-state index contributed by atoms with van der Waals surface area (Å²) in [5, 5.41) is 0. The maximum atomic E-state index is 13.7. The minimum absolute atomic E-state index is 0.165. The van der Waals surface area contributed by atoms with Crippen molar-refractivity contribution in [3.05, 3.63) is 0 Å². The average molecular weight is 610 g/mol. The van der Waals surface area contributed by atoms with Gasteiger partial charge in [-0.1, -0.05) is 77.6 Å². The van der Waals surface area contributed by atoms with Crippen LogP contribution >= 0.6 is 0 Å². The SMILES string of the molecule is CCCCCCCCCCCCCCOC(=O)C(F)(F)C(F)(F)C(F)(F)C(F)(F)C(F)(F)C(F)(F)C(F)(F)F. The topological polar surface area (TPSA) is 26.3 Å². The number of rotatable bonds is 19. The lowest BCUT2D eigenvalue weighted by molar-refractivity contribution is -0.450. The average Bonchev–Trinajstić information content (AvgIpc) is 2.80. The molecule has 0 saturated heterocycles. The van der Waals surface area contributed by atoms with Crippen LogP contribution in [0.1, 0.15) is 84.0 Å². The van der Waals surface area contributed by atoms with E-state index in [9.17, 15) is 70.7 Å². The molecule has 0 fully saturated rings. The largest absolute Gasteiger partial charge is 0.461 e. The van der Waals surface area contributed by atoms with Crippen LogP contribution in [0.5, 0.6) is 0 Å². The second-order valence-electron chi connectivity index (χ2n) is 8.97. The standard InChI is InChI=1S/C22H29F15O2/c1-2-3-4-5-6-7-8-9-10-11-12-13-14-39-15(38)16(23,24)17(25,26)18(27,28)19(29,30)20(31,32)21(33,34)22(35,36)37/h2-14H2,1H3. The quantitative estimate of drug-likeness (QED) is 0.0828. The van der Waals surface area contributed by atoms with Crippen LogP contribution in [0.2, 0.25) is 0 Å². The van der Waals surface area contributed by atoms with Gasteiger partial charge in [0.05, 0.1) is 6.61 Å². The van der Waals surface area contributed by atoms with E-state index in [0.29, 0.717) is 12.8 Å². The molecule has 0 aliphatic heterocycles.